The molecule has 5 rings (SSSR count). The van der Waals surface area contributed by atoms with Crippen LogP contribution >= 0.6 is 12.2 Å². The van der Waals surface area contributed by atoms with Gasteiger partial charge >= 0.3 is 5.63 Å². The first-order chi connectivity index (χ1) is 15.0. The second-order valence-electron chi connectivity index (χ2n) is 7.84. The molecular weight excluding hydrogens is 414 g/mol. The molecular formula is C23H23N3O4S. The Morgan fingerprint density at radius 1 is 1.03 bits per heavy atom. The molecule has 0 unspecified atom stereocenters. The fraction of sp³-hybridized carbons (Fsp3) is 0.304. The van der Waals surface area contributed by atoms with Crippen LogP contribution < -0.4 is 20.4 Å². The maximum atomic E-state index is 11.7. The molecule has 1 aromatic heterocycles. The highest BCUT2D eigenvalue weighted by atomic mass is 32.1. The molecule has 0 spiro atoms. The van der Waals surface area contributed by atoms with Crippen LogP contribution in [0.1, 0.15) is 11.1 Å². The molecule has 2 aromatic carbocycles. The third-order valence-corrected chi connectivity index (χ3v) is 6.07. The van der Waals surface area contributed by atoms with E-state index >= 15 is 0 Å². The van der Waals surface area contributed by atoms with Crippen molar-refractivity contribution in [2.45, 2.75) is 13.5 Å². The smallest absolute Gasteiger partial charge is 0.336 e. The summed E-state index contributed by atoms with van der Waals surface area (Å²) in [5, 5.41) is 4.88. The van der Waals surface area contributed by atoms with Crippen LogP contribution in [0.25, 0.3) is 11.0 Å². The van der Waals surface area contributed by atoms with Crippen molar-refractivity contribution in [2.75, 3.05) is 38.3 Å². The molecule has 1 N–H and O–H groups in total. The highest BCUT2D eigenvalue weighted by Gasteiger charge is 2.20. The first kappa shape index (κ1) is 19.8. The van der Waals surface area contributed by atoms with Crippen molar-refractivity contribution in [3.63, 3.8) is 0 Å². The molecule has 0 atom stereocenters. The number of nitrogens with one attached hydrogen (secondary N) is 1. The average molecular weight is 438 g/mol. The monoisotopic (exact) mass is 437 g/mol. The van der Waals surface area contributed by atoms with E-state index in [0.717, 1.165) is 60.9 Å². The number of hydrogen-bond donors (Lipinski definition) is 1. The quantitative estimate of drug-likeness (QED) is 0.494. The van der Waals surface area contributed by atoms with E-state index < -0.39 is 0 Å². The lowest BCUT2D eigenvalue weighted by molar-refractivity contribution is 0.173. The molecule has 0 bridgehead atoms. The normalized spacial score (nSPS) is 16.0. The number of thiocarbonyl (C=S) groups is 1. The summed E-state index contributed by atoms with van der Waals surface area (Å²) in [5.41, 5.74) is 3.15. The summed E-state index contributed by atoms with van der Waals surface area (Å²) in [7, 11) is 0. The zero-order valence-corrected chi connectivity index (χ0v) is 18.0. The highest BCUT2D eigenvalue weighted by molar-refractivity contribution is 7.80. The number of nitrogens with zero attached hydrogens (tertiary/aromatic N) is 2. The zero-order chi connectivity index (χ0) is 21.4. The third-order valence-electron chi connectivity index (χ3n) is 5.71. The Kier molecular flexibility index (Phi) is 5.25. The second kappa shape index (κ2) is 8.20. The van der Waals surface area contributed by atoms with Crippen LogP contribution in [-0.2, 0) is 6.54 Å². The van der Waals surface area contributed by atoms with Crippen molar-refractivity contribution >= 4 is 34.0 Å². The average Bonchev–Trinajstić information content (AvgIpc) is 3.22. The Balaban J connectivity index is 1.18. The molecule has 1 fully saturated rings. The van der Waals surface area contributed by atoms with Gasteiger partial charge < -0.3 is 24.1 Å². The minimum atomic E-state index is -0.344. The van der Waals surface area contributed by atoms with Gasteiger partial charge in [-0.15, -0.1) is 0 Å². The number of anilines is 1. The Bertz CT molecular complexity index is 1200. The predicted octanol–water partition coefficient (Wildman–Crippen LogP) is 3.34. The van der Waals surface area contributed by atoms with E-state index in [-0.39, 0.29) is 5.63 Å². The first-order valence-corrected chi connectivity index (χ1v) is 10.7. The molecule has 0 radical (unpaired) electrons. The largest absolute Gasteiger partial charge is 0.454 e. The van der Waals surface area contributed by atoms with Crippen LogP contribution in [0.2, 0.25) is 0 Å². The molecule has 0 amide bonds. The molecule has 2 aliphatic heterocycles. The molecule has 3 aromatic rings. The van der Waals surface area contributed by atoms with Crippen molar-refractivity contribution in [1.82, 2.24) is 9.80 Å². The van der Waals surface area contributed by atoms with E-state index in [9.17, 15) is 4.79 Å². The van der Waals surface area contributed by atoms with Gasteiger partial charge in [-0.25, -0.2) is 4.79 Å². The number of aryl methyl sites for hydroxylation is 1. The van der Waals surface area contributed by atoms with Crippen molar-refractivity contribution in [3.05, 3.63) is 64.0 Å². The van der Waals surface area contributed by atoms with E-state index in [4.69, 9.17) is 26.1 Å². The van der Waals surface area contributed by atoms with E-state index in [2.05, 4.69) is 27.2 Å². The molecule has 160 valence electrons. The third kappa shape index (κ3) is 4.22. The Morgan fingerprint density at radius 3 is 2.68 bits per heavy atom. The van der Waals surface area contributed by atoms with Gasteiger partial charge in [-0.1, -0.05) is 6.07 Å². The van der Waals surface area contributed by atoms with E-state index in [1.54, 1.807) is 0 Å². The van der Waals surface area contributed by atoms with Crippen LogP contribution in [0.5, 0.6) is 11.5 Å². The van der Waals surface area contributed by atoms with Gasteiger partial charge in [0.1, 0.15) is 5.58 Å². The topological polar surface area (TPSA) is 67.2 Å². The molecule has 7 nitrogen and oxygen atoms in total. The molecule has 1 saturated heterocycles. The van der Waals surface area contributed by atoms with Crippen LogP contribution in [-0.4, -0.2) is 47.9 Å². The lowest BCUT2D eigenvalue weighted by Crippen LogP contribution is -2.49. The summed E-state index contributed by atoms with van der Waals surface area (Å²) in [5.74, 6) is 1.64. The molecule has 0 saturated carbocycles. The number of ether oxygens (including phenoxy) is 2. The Labute approximate surface area is 185 Å². The molecule has 2 aliphatic rings. The van der Waals surface area contributed by atoms with Crippen molar-refractivity contribution in [1.29, 1.82) is 0 Å². The zero-order valence-electron chi connectivity index (χ0n) is 17.2. The second-order valence-corrected chi connectivity index (χ2v) is 8.23. The van der Waals surface area contributed by atoms with Gasteiger partial charge in [-0.05, 0) is 54.5 Å². The van der Waals surface area contributed by atoms with Gasteiger partial charge in [-0.2, -0.15) is 0 Å². The SMILES string of the molecule is Cc1cc(=O)oc2cc(NC(=S)N3CCN(Cc4ccc5c(c4)OCO5)CC3)ccc12. The highest BCUT2D eigenvalue weighted by Crippen LogP contribution is 2.32. The van der Waals surface area contributed by atoms with Gasteiger partial charge in [-0.3, -0.25) is 4.90 Å². The minimum Gasteiger partial charge on any atom is -0.454 e. The van der Waals surface area contributed by atoms with Gasteiger partial charge in [0, 0.05) is 55.9 Å². The standard InChI is InChI=1S/C23H23N3O4S/c1-15-10-22(27)30-20-12-17(3-4-18(15)20)24-23(31)26-8-6-25(7-9-26)13-16-2-5-19-21(11-16)29-14-28-19/h2-5,10-12H,6-9,13-14H2,1H3,(H,24,31). The summed E-state index contributed by atoms with van der Waals surface area (Å²) in [4.78, 5) is 16.2. The fourth-order valence-corrected chi connectivity index (χ4v) is 4.31. The summed E-state index contributed by atoms with van der Waals surface area (Å²) in [6.45, 7) is 6.60. The van der Waals surface area contributed by atoms with E-state index in [1.165, 1.54) is 11.6 Å². The first-order valence-electron chi connectivity index (χ1n) is 10.3. The van der Waals surface area contributed by atoms with E-state index in [1.807, 2.05) is 31.2 Å². The number of fused-ring (bicyclic) bond motifs is 2. The number of benzene rings is 2. The van der Waals surface area contributed by atoms with Gasteiger partial charge in [0.15, 0.2) is 16.6 Å². The van der Waals surface area contributed by atoms with Crippen molar-refractivity contribution in [2.24, 2.45) is 0 Å². The summed E-state index contributed by atoms with van der Waals surface area (Å²) < 4.78 is 16.2. The number of piperazine rings is 1. The molecule has 8 heteroatoms. The molecule has 3 heterocycles. The Morgan fingerprint density at radius 2 is 1.84 bits per heavy atom. The van der Waals surface area contributed by atoms with Gasteiger partial charge in [0.25, 0.3) is 0 Å². The van der Waals surface area contributed by atoms with Crippen molar-refractivity contribution in [3.8, 4) is 11.5 Å². The van der Waals surface area contributed by atoms with Crippen molar-refractivity contribution < 1.29 is 13.9 Å². The number of hydrogen-bond acceptors (Lipinski definition) is 6. The Hall–Kier alpha value is -3.10. The predicted molar refractivity (Wildman–Crippen MR) is 123 cm³/mol. The lowest BCUT2D eigenvalue weighted by Gasteiger charge is -2.36. The number of rotatable bonds is 3. The van der Waals surface area contributed by atoms with E-state index in [0.29, 0.717) is 17.5 Å². The molecule has 0 aliphatic carbocycles. The minimum absolute atomic E-state index is 0.296. The van der Waals surface area contributed by atoms with Crippen LogP contribution in [0.3, 0.4) is 0 Å². The molecule has 31 heavy (non-hydrogen) atoms. The summed E-state index contributed by atoms with van der Waals surface area (Å²) in [6.07, 6.45) is 0. The van der Waals surface area contributed by atoms with Gasteiger partial charge in [0.05, 0.1) is 0 Å². The van der Waals surface area contributed by atoms with Crippen LogP contribution in [0, 0.1) is 6.92 Å². The maximum absolute atomic E-state index is 11.7. The summed E-state index contributed by atoms with van der Waals surface area (Å²) >= 11 is 5.63. The van der Waals surface area contributed by atoms with Crippen LogP contribution in [0.15, 0.2) is 51.7 Å². The van der Waals surface area contributed by atoms with Crippen LogP contribution in [0.4, 0.5) is 5.69 Å². The maximum Gasteiger partial charge on any atom is 0.336 e. The summed E-state index contributed by atoms with van der Waals surface area (Å²) in [6, 6.07) is 13.3. The fourth-order valence-electron chi connectivity index (χ4n) is 4.01. The van der Waals surface area contributed by atoms with Gasteiger partial charge in [0.2, 0.25) is 6.79 Å². The lowest BCUT2D eigenvalue weighted by atomic mass is 10.1.